The number of esters is 2. The van der Waals surface area contributed by atoms with Crippen LogP contribution in [0, 0.1) is 12.8 Å². The molecule has 2 aromatic rings. The van der Waals surface area contributed by atoms with E-state index in [1.54, 1.807) is 44.2 Å². The van der Waals surface area contributed by atoms with Gasteiger partial charge in [-0.05, 0) is 49.1 Å². The van der Waals surface area contributed by atoms with Gasteiger partial charge in [-0.2, -0.15) is 0 Å². The summed E-state index contributed by atoms with van der Waals surface area (Å²) >= 11 is 0.990. The van der Waals surface area contributed by atoms with E-state index in [0.717, 1.165) is 16.9 Å². The van der Waals surface area contributed by atoms with Gasteiger partial charge in [-0.3, -0.25) is 4.79 Å². The quantitative estimate of drug-likeness (QED) is 0.286. The van der Waals surface area contributed by atoms with E-state index in [2.05, 4.69) is 5.32 Å². The van der Waals surface area contributed by atoms with Crippen LogP contribution in [0.2, 0.25) is 0 Å². The zero-order chi connectivity index (χ0) is 24.4. The van der Waals surface area contributed by atoms with E-state index in [0.29, 0.717) is 11.3 Å². The molecule has 0 saturated heterocycles. The van der Waals surface area contributed by atoms with Crippen LogP contribution in [0.1, 0.15) is 51.9 Å². The van der Waals surface area contributed by atoms with Crippen LogP contribution >= 0.6 is 11.3 Å². The monoisotopic (exact) mass is 475 g/mol. The zero-order valence-corrected chi connectivity index (χ0v) is 20.2. The lowest BCUT2D eigenvalue weighted by Gasteiger charge is -2.07. The van der Waals surface area contributed by atoms with Gasteiger partial charge in [-0.25, -0.2) is 9.59 Å². The minimum Gasteiger partial charge on any atom is -0.468 e. The molecule has 0 bridgehead atoms. The standard InChI is InChI=1S/C24H29NO7S/c1-6-30-23(27)20-16(4)21(24(28)31-13-15(2)3)33-22(20)25-19(26)12-9-17-7-10-18(11-8-17)32-14-29-5/h7-12,15H,6,13-14H2,1-5H3,(H,25,26)/b12-9+. The van der Waals surface area contributed by atoms with Crippen molar-refractivity contribution in [2.45, 2.75) is 27.7 Å². The van der Waals surface area contributed by atoms with Gasteiger partial charge < -0.3 is 24.3 Å². The first-order chi connectivity index (χ1) is 15.8. The number of hydrogen-bond acceptors (Lipinski definition) is 8. The highest BCUT2D eigenvalue weighted by Gasteiger charge is 2.27. The van der Waals surface area contributed by atoms with Crippen molar-refractivity contribution in [2.75, 3.05) is 32.4 Å². The minimum atomic E-state index is -0.611. The lowest BCUT2D eigenvalue weighted by molar-refractivity contribution is -0.111. The third-order valence-corrected chi connectivity index (χ3v) is 5.43. The number of anilines is 1. The summed E-state index contributed by atoms with van der Waals surface area (Å²) < 4.78 is 20.6. The van der Waals surface area contributed by atoms with E-state index in [1.807, 2.05) is 13.8 Å². The fourth-order valence-electron chi connectivity index (χ4n) is 2.68. The predicted octanol–water partition coefficient (Wildman–Crippen LogP) is 4.68. The Morgan fingerprint density at radius 1 is 1.09 bits per heavy atom. The molecule has 0 aliphatic carbocycles. The first-order valence-electron chi connectivity index (χ1n) is 10.4. The minimum absolute atomic E-state index is 0.146. The maximum atomic E-state index is 12.5. The fourth-order valence-corrected chi connectivity index (χ4v) is 3.77. The molecule has 0 atom stereocenters. The molecule has 0 aliphatic heterocycles. The topological polar surface area (TPSA) is 100 Å². The molecular formula is C24H29NO7S. The van der Waals surface area contributed by atoms with Gasteiger partial charge in [0.1, 0.15) is 15.6 Å². The number of rotatable bonds is 11. The Kier molecular flexibility index (Phi) is 10.1. The van der Waals surface area contributed by atoms with Crippen molar-refractivity contribution in [3.63, 3.8) is 0 Å². The van der Waals surface area contributed by atoms with Gasteiger partial charge in [0.15, 0.2) is 6.79 Å². The molecule has 0 radical (unpaired) electrons. The molecule has 0 unspecified atom stereocenters. The maximum Gasteiger partial charge on any atom is 0.348 e. The van der Waals surface area contributed by atoms with Gasteiger partial charge in [0, 0.05) is 13.2 Å². The predicted molar refractivity (Wildman–Crippen MR) is 127 cm³/mol. The second kappa shape index (κ2) is 12.8. The number of methoxy groups -OCH3 is 1. The van der Waals surface area contributed by atoms with Gasteiger partial charge in [-0.15, -0.1) is 11.3 Å². The van der Waals surface area contributed by atoms with Crippen molar-refractivity contribution >= 4 is 40.3 Å². The molecule has 8 nitrogen and oxygen atoms in total. The Morgan fingerprint density at radius 2 is 1.79 bits per heavy atom. The third-order valence-electron chi connectivity index (χ3n) is 4.25. The second-order valence-corrected chi connectivity index (χ2v) is 8.44. The molecule has 0 saturated carbocycles. The Labute approximate surface area is 197 Å². The number of nitrogens with one attached hydrogen (secondary N) is 1. The number of carbonyl (C=O) groups is 3. The molecule has 0 aliphatic rings. The van der Waals surface area contributed by atoms with Crippen molar-refractivity contribution in [1.82, 2.24) is 0 Å². The van der Waals surface area contributed by atoms with Crippen LogP contribution in [0.3, 0.4) is 0 Å². The lowest BCUT2D eigenvalue weighted by Crippen LogP contribution is -2.13. The van der Waals surface area contributed by atoms with Crippen LogP contribution in [-0.4, -0.2) is 45.0 Å². The van der Waals surface area contributed by atoms with Crippen LogP contribution in [0.5, 0.6) is 5.75 Å². The highest BCUT2D eigenvalue weighted by atomic mass is 32.1. The van der Waals surface area contributed by atoms with Crippen LogP contribution in [-0.2, 0) is 19.0 Å². The third kappa shape index (κ3) is 7.73. The van der Waals surface area contributed by atoms with Crippen LogP contribution in [0.4, 0.5) is 5.00 Å². The molecular weight excluding hydrogens is 446 g/mol. The molecule has 0 spiro atoms. The van der Waals surface area contributed by atoms with Crippen molar-refractivity contribution < 1.29 is 33.3 Å². The molecule has 1 aromatic heterocycles. The molecule has 33 heavy (non-hydrogen) atoms. The average Bonchev–Trinajstić information content (AvgIpc) is 3.11. The van der Waals surface area contributed by atoms with Crippen molar-refractivity contribution in [3.05, 3.63) is 51.9 Å². The molecule has 2 rings (SSSR count). The van der Waals surface area contributed by atoms with E-state index < -0.39 is 17.8 Å². The smallest absolute Gasteiger partial charge is 0.348 e. The SMILES string of the molecule is CCOC(=O)c1c(NC(=O)/C=C/c2ccc(OCOC)cc2)sc(C(=O)OCC(C)C)c1C. The molecule has 0 fully saturated rings. The van der Waals surface area contributed by atoms with Gasteiger partial charge >= 0.3 is 11.9 Å². The van der Waals surface area contributed by atoms with Crippen LogP contribution in [0.15, 0.2) is 30.3 Å². The lowest BCUT2D eigenvalue weighted by atomic mass is 10.1. The van der Waals surface area contributed by atoms with Crippen molar-refractivity contribution in [3.8, 4) is 5.75 Å². The van der Waals surface area contributed by atoms with E-state index in [9.17, 15) is 14.4 Å². The summed E-state index contributed by atoms with van der Waals surface area (Å²) in [7, 11) is 1.54. The van der Waals surface area contributed by atoms with Gasteiger partial charge in [0.25, 0.3) is 0 Å². The molecule has 1 aromatic carbocycles. The van der Waals surface area contributed by atoms with Gasteiger partial charge in [0.05, 0.1) is 18.8 Å². The van der Waals surface area contributed by atoms with Crippen molar-refractivity contribution in [1.29, 1.82) is 0 Å². The Hall–Kier alpha value is -3.17. The van der Waals surface area contributed by atoms with E-state index in [4.69, 9.17) is 18.9 Å². The number of carbonyl (C=O) groups excluding carboxylic acids is 3. The van der Waals surface area contributed by atoms with E-state index in [1.165, 1.54) is 13.2 Å². The Morgan fingerprint density at radius 3 is 2.39 bits per heavy atom. The van der Waals surface area contributed by atoms with Crippen LogP contribution < -0.4 is 10.1 Å². The number of thiophene rings is 1. The summed E-state index contributed by atoms with van der Waals surface area (Å²) in [5, 5.41) is 2.92. The normalized spacial score (nSPS) is 11.0. The Balaban J connectivity index is 2.19. The fraction of sp³-hybridized carbons (Fsp3) is 0.375. The largest absolute Gasteiger partial charge is 0.468 e. The number of ether oxygens (including phenoxy) is 4. The number of benzene rings is 1. The molecule has 1 N–H and O–H groups in total. The number of hydrogen-bond donors (Lipinski definition) is 1. The van der Waals surface area contributed by atoms with Crippen LogP contribution in [0.25, 0.3) is 6.08 Å². The highest BCUT2D eigenvalue weighted by Crippen LogP contribution is 2.34. The maximum absolute atomic E-state index is 12.5. The second-order valence-electron chi connectivity index (χ2n) is 7.42. The van der Waals surface area contributed by atoms with Gasteiger partial charge in [-0.1, -0.05) is 26.0 Å². The summed E-state index contributed by atoms with van der Waals surface area (Å²) in [6.07, 6.45) is 2.96. The average molecular weight is 476 g/mol. The highest BCUT2D eigenvalue weighted by molar-refractivity contribution is 7.18. The van der Waals surface area contributed by atoms with E-state index >= 15 is 0 Å². The van der Waals surface area contributed by atoms with Gasteiger partial charge in [0.2, 0.25) is 5.91 Å². The summed E-state index contributed by atoms with van der Waals surface area (Å²) in [6, 6.07) is 7.09. The van der Waals surface area contributed by atoms with Crippen molar-refractivity contribution in [2.24, 2.45) is 5.92 Å². The van der Waals surface area contributed by atoms with E-state index in [-0.39, 0.29) is 41.4 Å². The molecule has 1 heterocycles. The Bertz CT molecular complexity index is 993. The summed E-state index contributed by atoms with van der Waals surface area (Å²) in [5.74, 6) is -0.792. The summed E-state index contributed by atoms with van der Waals surface area (Å²) in [6.45, 7) is 7.74. The molecule has 178 valence electrons. The first-order valence-corrected chi connectivity index (χ1v) is 11.3. The molecule has 9 heteroatoms. The first kappa shape index (κ1) is 26.1. The summed E-state index contributed by atoms with van der Waals surface area (Å²) in [5.41, 5.74) is 1.35. The summed E-state index contributed by atoms with van der Waals surface area (Å²) in [4.78, 5) is 37.8. The number of amides is 1. The molecule has 1 amide bonds. The zero-order valence-electron chi connectivity index (χ0n) is 19.4.